The van der Waals surface area contributed by atoms with E-state index in [9.17, 15) is 18.3 Å². The molecule has 1 aromatic heterocycles. The number of rotatable bonds is 3. The van der Waals surface area contributed by atoms with Gasteiger partial charge in [0.05, 0.1) is 11.8 Å². The number of carbonyl (C=O) groups is 1. The van der Waals surface area contributed by atoms with E-state index in [1.807, 2.05) is 0 Å². The van der Waals surface area contributed by atoms with Crippen molar-refractivity contribution in [2.75, 3.05) is 40.3 Å². The first-order valence-corrected chi connectivity index (χ1v) is 7.83. The zero-order valence-electron chi connectivity index (χ0n) is 11.9. The van der Waals surface area contributed by atoms with Crippen molar-refractivity contribution in [1.29, 1.82) is 0 Å². The molecule has 2 rings (SSSR count). The summed E-state index contributed by atoms with van der Waals surface area (Å²) in [4.78, 5) is 17.6. The van der Waals surface area contributed by atoms with Gasteiger partial charge >= 0.3 is 0 Å². The number of aromatic nitrogens is 1. The Balaban J connectivity index is 2.03. The number of hydrogen-bond acceptors (Lipinski definition) is 5. The first-order chi connectivity index (χ1) is 9.82. The quantitative estimate of drug-likeness (QED) is 0.800. The van der Waals surface area contributed by atoms with Crippen LogP contribution in [0.25, 0.3) is 0 Å². The molecule has 1 aliphatic rings. The van der Waals surface area contributed by atoms with Gasteiger partial charge in [0.25, 0.3) is 16.1 Å². The number of piperazine rings is 1. The Labute approximate surface area is 123 Å². The highest BCUT2D eigenvalue weighted by Crippen LogP contribution is 2.14. The maximum Gasteiger partial charge on any atom is 0.281 e. The first-order valence-electron chi connectivity index (χ1n) is 6.43. The molecule has 1 saturated heterocycles. The highest BCUT2D eigenvalue weighted by atomic mass is 32.2. The zero-order chi connectivity index (χ0) is 15.6. The lowest BCUT2D eigenvalue weighted by atomic mass is 10.2. The molecule has 2 heterocycles. The zero-order valence-corrected chi connectivity index (χ0v) is 12.7. The van der Waals surface area contributed by atoms with E-state index in [0.717, 1.165) is 4.31 Å². The number of aromatic hydroxyl groups is 1. The normalized spacial score (nSPS) is 17.2. The number of hydrogen-bond donors (Lipinski definition) is 1. The lowest BCUT2D eigenvalue weighted by molar-refractivity contribution is 0.0694. The molecule has 1 amide bonds. The summed E-state index contributed by atoms with van der Waals surface area (Å²) in [5, 5.41) is 9.34. The van der Waals surface area contributed by atoms with Crippen LogP contribution in [0.1, 0.15) is 10.4 Å². The van der Waals surface area contributed by atoms with Crippen molar-refractivity contribution in [2.45, 2.75) is 0 Å². The van der Waals surface area contributed by atoms with Gasteiger partial charge in [0, 0.05) is 46.5 Å². The molecule has 9 heteroatoms. The monoisotopic (exact) mass is 314 g/mol. The van der Waals surface area contributed by atoms with Gasteiger partial charge in [-0.05, 0) is 6.07 Å². The molecule has 0 saturated carbocycles. The van der Waals surface area contributed by atoms with E-state index in [4.69, 9.17) is 0 Å². The fourth-order valence-corrected chi connectivity index (χ4v) is 3.17. The molecule has 0 aliphatic carbocycles. The van der Waals surface area contributed by atoms with Crippen LogP contribution in [0.5, 0.6) is 5.75 Å². The SMILES string of the molecule is CN(C)S(=O)(=O)N1CCN(C(=O)c2cncc(O)c2)CC1. The first kappa shape index (κ1) is 15.7. The van der Waals surface area contributed by atoms with Crippen molar-refractivity contribution < 1.29 is 18.3 Å². The minimum absolute atomic E-state index is 0.0744. The largest absolute Gasteiger partial charge is 0.506 e. The number of nitrogens with zero attached hydrogens (tertiary/aromatic N) is 4. The third-order valence-electron chi connectivity index (χ3n) is 3.28. The van der Waals surface area contributed by atoms with E-state index in [0.29, 0.717) is 18.7 Å². The topological polar surface area (TPSA) is 94.1 Å². The molecule has 0 atom stereocenters. The molecule has 0 aromatic carbocycles. The summed E-state index contributed by atoms with van der Waals surface area (Å²) in [6.45, 7) is 1.11. The minimum atomic E-state index is -3.44. The van der Waals surface area contributed by atoms with E-state index in [1.54, 1.807) is 4.90 Å². The highest BCUT2D eigenvalue weighted by molar-refractivity contribution is 7.86. The van der Waals surface area contributed by atoms with Crippen LogP contribution < -0.4 is 0 Å². The summed E-state index contributed by atoms with van der Waals surface area (Å²) in [6, 6.07) is 1.35. The van der Waals surface area contributed by atoms with Gasteiger partial charge in [-0.2, -0.15) is 17.0 Å². The van der Waals surface area contributed by atoms with Crippen LogP contribution in [-0.4, -0.2) is 78.2 Å². The van der Waals surface area contributed by atoms with Crippen molar-refractivity contribution in [1.82, 2.24) is 18.5 Å². The summed E-state index contributed by atoms with van der Waals surface area (Å²) in [6.07, 6.45) is 2.63. The van der Waals surface area contributed by atoms with Crippen molar-refractivity contribution >= 4 is 16.1 Å². The molecule has 116 valence electrons. The van der Waals surface area contributed by atoms with Gasteiger partial charge < -0.3 is 10.0 Å². The number of carbonyl (C=O) groups excluding carboxylic acids is 1. The molecule has 0 unspecified atom stereocenters. The van der Waals surface area contributed by atoms with Crippen LogP contribution in [-0.2, 0) is 10.2 Å². The molecule has 1 aliphatic heterocycles. The number of amides is 1. The smallest absolute Gasteiger partial charge is 0.281 e. The molecular formula is C12H18N4O4S. The Bertz CT molecular complexity index is 624. The fourth-order valence-electron chi connectivity index (χ4n) is 2.08. The summed E-state index contributed by atoms with van der Waals surface area (Å²) in [7, 11) is -0.489. The van der Waals surface area contributed by atoms with Crippen molar-refractivity contribution in [3.05, 3.63) is 24.0 Å². The molecule has 1 aromatic rings. The maximum atomic E-state index is 12.2. The summed E-state index contributed by atoms with van der Waals surface area (Å²) in [5.41, 5.74) is 0.291. The predicted molar refractivity (Wildman–Crippen MR) is 76.0 cm³/mol. The van der Waals surface area contributed by atoms with Gasteiger partial charge in [0.15, 0.2) is 0 Å². The van der Waals surface area contributed by atoms with E-state index >= 15 is 0 Å². The summed E-state index contributed by atoms with van der Waals surface area (Å²) < 4.78 is 26.5. The van der Waals surface area contributed by atoms with Crippen LogP contribution in [0.15, 0.2) is 18.5 Å². The Morgan fingerprint density at radius 1 is 1.24 bits per heavy atom. The average Bonchev–Trinajstić information content (AvgIpc) is 2.46. The van der Waals surface area contributed by atoms with Gasteiger partial charge in [-0.25, -0.2) is 0 Å². The summed E-state index contributed by atoms with van der Waals surface area (Å²) in [5.74, 6) is -0.338. The molecule has 1 fully saturated rings. The molecular weight excluding hydrogens is 296 g/mol. The maximum absolute atomic E-state index is 12.2. The number of pyridine rings is 1. The van der Waals surface area contributed by atoms with Gasteiger partial charge in [0.2, 0.25) is 0 Å². The summed E-state index contributed by atoms with van der Waals surface area (Å²) >= 11 is 0. The lowest BCUT2D eigenvalue weighted by Crippen LogP contribution is -2.53. The van der Waals surface area contributed by atoms with E-state index in [2.05, 4.69) is 4.98 Å². The Morgan fingerprint density at radius 2 is 1.86 bits per heavy atom. The van der Waals surface area contributed by atoms with E-state index in [1.165, 1.54) is 36.9 Å². The molecule has 8 nitrogen and oxygen atoms in total. The molecule has 0 radical (unpaired) electrons. The lowest BCUT2D eigenvalue weighted by Gasteiger charge is -2.35. The molecule has 0 bridgehead atoms. The second-order valence-corrected chi connectivity index (χ2v) is 7.06. The Hall–Kier alpha value is -1.71. The van der Waals surface area contributed by atoms with Crippen molar-refractivity contribution in [3.8, 4) is 5.75 Å². The Morgan fingerprint density at radius 3 is 2.38 bits per heavy atom. The standard InChI is InChI=1S/C12H18N4O4S/c1-14(2)21(19,20)16-5-3-15(4-6-16)12(18)10-7-11(17)9-13-8-10/h7-9,17H,3-6H2,1-2H3. The van der Waals surface area contributed by atoms with E-state index < -0.39 is 10.2 Å². The van der Waals surface area contributed by atoms with E-state index in [-0.39, 0.29) is 24.7 Å². The van der Waals surface area contributed by atoms with Gasteiger partial charge in [-0.15, -0.1) is 0 Å². The minimum Gasteiger partial charge on any atom is -0.506 e. The predicted octanol–water partition coefficient (Wildman–Crippen LogP) is -0.649. The molecule has 0 spiro atoms. The van der Waals surface area contributed by atoms with Crippen LogP contribution in [0, 0.1) is 0 Å². The van der Waals surface area contributed by atoms with Crippen LogP contribution in [0.3, 0.4) is 0 Å². The molecule has 21 heavy (non-hydrogen) atoms. The average molecular weight is 314 g/mol. The Kier molecular flexibility index (Phi) is 4.45. The second kappa shape index (κ2) is 5.96. The van der Waals surface area contributed by atoms with Crippen LogP contribution in [0.4, 0.5) is 0 Å². The van der Waals surface area contributed by atoms with Crippen LogP contribution >= 0.6 is 0 Å². The van der Waals surface area contributed by atoms with Crippen molar-refractivity contribution in [3.63, 3.8) is 0 Å². The van der Waals surface area contributed by atoms with Gasteiger partial charge in [-0.3, -0.25) is 9.78 Å². The van der Waals surface area contributed by atoms with Crippen LogP contribution in [0.2, 0.25) is 0 Å². The van der Waals surface area contributed by atoms with Gasteiger partial charge in [0.1, 0.15) is 5.75 Å². The highest BCUT2D eigenvalue weighted by Gasteiger charge is 2.30. The molecule has 1 N–H and O–H groups in total. The third kappa shape index (κ3) is 3.31. The second-order valence-electron chi connectivity index (χ2n) is 4.91. The third-order valence-corrected chi connectivity index (χ3v) is 5.22. The van der Waals surface area contributed by atoms with Gasteiger partial charge in [-0.1, -0.05) is 0 Å². The van der Waals surface area contributed by atoms with Crippen molar-refractivity contribution in [2.24, 2.45) is 0 Å². The fraction of sp³-hybridized carbons (Fsp3) is 0.500.